The van der Waals surface area contributed by atoms with Gasteiger partial charge in [-0.2, -0.15) is 0 Å². The van der Waals surface area contributed by atoms with Crippen molar-refractivity contribution >= 4 is 0 Å². The van der Waals surface area contributed by atoms with E-state index in [2.05, 4.69) is 51.1 Å². The summed E-state index contributed by atoms with van der Waals surface area (Å²) in [5.74, 6) is 0. The van der Waals surface area contributed by atoms with E-state index in [1.165, 1.54) is 5.70 Å². The minimum Gasteiger partial charge on any atom is -0.376 e. The molecule has 0 bridgehead atoms. The van der Waals surface area contributed by atoms with E-state index in [9.17, 15) is 0 Å². The van der Waals surface area contributed by atoms with Crippen molar-refractivity contribution in [2.75, 3.05) is 20.1 Å². The summed E-state index contributed by atoms with van der Waals surface area (Å²) >= 11 is 0. The molecule has 1 fully saturated rings. The molecule has 1 rings (SSSR count). The number of piperazine rings is 1. The van der Waals surface area contributed by atoms with Crippen molar-refractivity contribution in [3.63, 3.8) is 0 Å². The van der Waals surface area contributed by atoms with E-state index in [-0.39, 0.29) is 5.54 Å². The summed E-state index contributed by atoms with van der Waals surface area (Å²) in [7, 11) is 2.12. The molecule has 1 aliphatic heterocycles. The molecule has 1 atom stereocenters. The summed E-state index contributed by atoms with van der Waals surface area (Å²) in [6.45, 7) is 15.3. The predicted molar refractivity (Wildman–Crippen MR) is 57.7 cm³/mol. The van der Waals surface area contributed by atoms with Gasteiger partial charge in [-0.25, -0.2) is 0 Å². The van der Waals surface area contributed by atoms with E-state index >= 15 is 0 Å². The van der Waals surface area contributed by atoms with Gasteiger partial charge in [-0.3, -0.25) is 4.90 Å². The molecule has 1 aliphatic rings. The second kappa shape index (κ2) is 3.33. The molecular formula is C11H22N2. The van der Waals surface area contributed by atoms with Crippen molar-refractivity contribution in [2.24, 2.45) is 0 Å². The lowest BCUT2D eigenvalue weighted by Crippen LogP contribution is -2.56. The smallest absolute Gasteiger partial charge is 0.0386 e. The molecule has 0 spiro atoms. The zero-order valence-corrected chi connectivity index (χ0v) is 9.59. The van der Waals surface area contributed by atoms with E-state index in [1.807, 2.05) is 0 Å². The molecule has 0 N–H and O–H groups in total. The van der Waals surface area contributed by atoms with Crippen LogP contribution in [0.15, 0.2) is 12.3 Å². The molecule has 13 heavy (non-hydrogen) atoms. The topological polar surface area (TPSA) is 6.48 Å². The highest BCUT2D eigenvalue weighted by atomic mass is 15.3. The first kappa shape index (κ1) is 10.6. The Morgan fingerprint density at radius 1 is 1.38 bits per heavy atom. The maximum absolute atomic E-state index is 4.08. The minimum absolute atomic E-state index is 0.254. The van der Waals surface area contributed by atoms with Crippen LogP contribution in [0.25, 0.3) is 0 Å². The maximum Gasteiger partial charge on any atom is 0.0386 e. The summed E-state index contributed by atoms with van der Waals surface area (Å²) in [5.41, 5.74) is 1.48. The van der Waals surface area contributed by atoms with Crippen LogP contribution in [0.2, 0.25) is 0 Å². The van der Waals surface area contributed by atoms with E-state index in [1.54, 1.807) is 0 Å². The third-order valence-electron chi connectivity index (χ3n) is 2.82. The number of hydrogen-bond acceptors (Lipinski definition) is 2. The third-order valence-corrected chi connectivity index (χ3v) is 2.82. The highest BCUT2D eigenvalue weighted by molar-refractivity contribution is 5.04. The van der Waals surface area contributed by atoms with Gasteiger partial charge in [0.1, 0.15) is 0 Å². The highest BCUT2D eigenvalue weighted by Gasteiger charge is 2.31. The van der Waals surface area contributed by atoms with Gasteiger partial charge in [0, 0.05) is 37.4 Å². The molecule has 2 nitrogen and oxygen atoms in total. The summed E-state index contributed by atoms with van der Waals surface area (Å²) in [6, 6.07) is 0.621. The van der Waals surface area contributed by atoms with Gasteiger partial charge in [0.25, 0.3) is 0 Å². The number of hydrogen-bond donors (Lipinski definition) is 0. The number of rotatable bonds is 0. The van der Waals surface area contributed by atoms with Gasteiger partial charge in [-0.1, -0.05) is 6.58 Å². The fourth-order valence-corrected chi connectivity index (χ4v) is 2.00. The van der Waals surface area contributed by atoms with Gasteiger partial charge in [0.15, 0.2) is 0 Å². The van der Waals surface area contributed by atoms with Crippen LogP contribution >= 0.6 is 0 Å². The number of likely N-dealkylation sites (N-methyl/N-ethyl adjacent to an activating group) is 1. The second-order valence-electron chi connectivity index (χ2n) is 5.09. The van der Waals surface area contributed by atoms with Crippen LogP contribution in [0.5, 0.6) is 0 Å². The average Bonchev–Trinajstić information content (AvgIpc) is 1.94. The van der Waals surface area contributed by atoms with Gasteiger partial charge in [-0.05, 0) is 27.7 Å². The second-order valence-corrected chi connectivity index (χ2v) is 5.09. The van der Waals surface area contributed by atoms with Crippen LogP contribution in [0.3, 0.4) is 0 Å². The molecule has 76 valence electrons. The Morgan fingerprint density at radius 2 is 1.92 bits per heavy atom. The molecule has 0 aromatic heterocycles. The molecule has 1 saturated heterocycles. The maximum atomic E-state index is 4.08. The molecule has 0 saturated carbocycles. The Kier molecular flexibility index (Phi) is 2.71. The van der Waals surface area contributed by atoms with Crippen molar-refractivity contribution in [3.05, 3.63) is 12.3 Å². The van der Waals surface area contributed by atoms with Crippen LogP contribution in [-0.4, -0.2) is 41.5 Å². The van der Waals surface area contributed by atoms with Gasteiger partial charge < -0.3 is 4.90 Å². The van der Waals surface area contributed by atoms with Gasteiger partial charge in [0.2, 0.25) is 0 Å². The summed E-state index contributed by atoms with van der Waals surface area (Å²) in [6.07, 6.45) is 0. The normalized spacial score (nSPS) is 26.7. The molecule has 0 aromatic rings. The van der Waals surface area contributed by atoms with Crippen molar-refractivity contribution < 1.29 is 0 Å². The molecule has 0 amide bonds. The minimum atomic E-state index is 0.254. The first-order valence-corrected chi connectivity index (χ1v) is 4.98. The Hall–Kier alpha value is -0.500. The quantitative estimate of drug-likeness (QED) is 0.565. The fourth-order valence-electron chi connectivity index (χ4n) is 2.00. The Labute approximate surface area is 82.2 Å². The lowest BCUT2D eigenvalue weighted by molar-refractivity contribution is 0.0518. The summed E-state index contributed by atoms with van der Waals surface area (Å²) in [4.78, 5) is 4.77. The van der Waals surface area contributed by atoms with E-state index < -0.39 is 0 Å². The SMILES string of the molecule is C=C1CN(C(C)(C)C)C(C)CN1C. The standard InChI is InChI=1S/C11H22N2/c1-9-8-13(11(3,4)5)10(2)7-12(9)6/h10H,1,7-8H2,2-6H3. The van der Waals surface area contributed by atoms with E-state index in [0.717, 1.165) is 13.1 Å². The molecule has 0 radical (unpaired) electrons. The summed E-state index contributed by atoms with van der Waals surface area (Å²) in [5, 5.41) is 0. The zero-order chi connectivity index (χ0) is 10.2. The largest absolute Gasteiger partial charge is 0.376 e. The van der Waals surface area contributed by atoms with Crippen LogP contribution < -0.4 is 0 Å². The molecule has 1 heterocycles. The number of nitrogens with zero attached hydrogens (tertiary/aromatic N) is 2. The highest BCUT2D eigenvalue weighted by Crippen LogP contribution is 2.23. The van der Waals surface area contributed by atoms with E-state index in [4.69, 9.17) is 0 Å². The first-order chi connectivity index (χ1) is 5.82. The molecule has 2 heteroatoms. The van der Waals surface area contributed by atoms with E-state index in [0.29, 0.717) is 6.04 Å². The third kappa shape index (κ3) is 2.25. The molecular weight excluding hydrogens is 160 g/mol. The van der Waals surface area contributed by atoms with Crippen LogP contribution in [-0.2, 0) is 0 Å². The molecule has 0 aliphatic carbocycles. The van der Waals surface area contributed by atoms with Gasteiger partial charge in [-0.15, -0.1) is 0 Å². The fraction of sp³-hybridized carbons (Fsp3) is 0.818. The van der Waals surface area contributed by atoms with Crippen LogP contribution in [0, 0.1) is 0 Å². The predicted octanol–water partition coefficient (Wildman–Crippen LogP) is 1.93. The monoisotopic (exact) mass is 182 g/mol. The van der Waals surface area contributed by atoms with Crippen LogP contribution in [0.1, 0.15) is 27.7 Å². The average molecular weight is 182 g/mol. The Bertz CT molecular complexity index is 203. The summed E-state index contributed by atoms with van der Waals surface area (Å²) < 4.78 is 0. The van der Waals surface area contributed by atoms with Crippen molar-refractivity contribution in [3.8, 4) is 0 Å². The Balaban J connectivity index is 2.73. The molecule has 1 unspecified atom stereocenters. The van der Waals surface area contributed by atoms with Crippen molar-refractivity contribution in [2.45, 2.75) is 39.3 Å². The lowest BCUT2D eigenvalue weighted by Gasteiger charge is -2.47. The van der Waals surface area contributed by atoms with Gasteiger partial charge in [0.05, 0.1) is 0 Å². The zero-order valence-electron chi connectivity index (χ0n) is 9.59. The lowest BCUT2D eigenvalue weighted by atomic mass is 10.0. The van der Waals surface area contributed by atoms with Crippen molar-refractivity contribution in [1.29, 1.82) is 0 Å². The molecule has 0 aromatic carbocycles. The van der Waals surface area contributed by atoms with Gasteiger partial charge >= 0.3 is 0 Å². The Morgan fingerprint density at radius 3 is 2.38 bits per heavy atom. The van der Waals surface area contributed by atoms with Crippen LogP contribution in [0.4, 0.5) is 0 Å². The van der Waals surface area contributed by atoms with Crippen molar-refractivity contribution in [1.82, 2.24) is 9.80 Å². The first-order valence-electron chi connectivity index (χ1n) is 4.98.